The number of amides is 2. The van der Waals surface area contributed by atoms with Gasteiger partial charge in [0, 0.05) is 12.2 Å². The van der Waals surface area contributed by atoms with Crippen molar-refractivity contribution < 1.29 is 9.53 Å². The van der Waals surface area contributed by atoms with E-state index >= 15 is 0 Å². The van der Waals surface area contributed by atoms with Crippen LogP contribution in [0.1, 0.15) is 36.8 Å². The molecule has 1 aromatic heterocycles. The molecule has 1 atom stereocenters. The quantitative estimate of drug-likeness (QED) is 0.240. The van der Waals surface area contributed by atoms with Crippen molar-refractivity contribution in [3.63, 3.8) is 0 Å². The monoisotopic (exact) mass is 532 g/mol. The summed E-state index contributed by atoms with van der Waals surface area (Å²) >= 11 is 0. The highest BCUT2D eigenvalue weighted by Crippen LogP contribution is 2.29. The van der Waals surface area contributed by atoms with E-state index in [0.717, 1.165) is 12.0 Å². The largest absolute Gasteiger partial charge is 0.495 e. The molecule has 0 fully saturated rings. The van der Waals surface area contributed by atoms with E-state index in [9.17, 15) is 9.59 Å². The molecule has 4 aromatic carbocycles. The number of hydrogen-bond acceptors (Lipinski definition) is 4. The Morgan fingerprint density at radius 1 is 0.900 bits per heavy atom. The summed E-state index contributed by atoms with van der Waals surface area (Å²) in [5.41, 5.74) is 3.74. The van der Waals surface area contributed by atoms with Gasteiger partial charge in [0.2, 0.25) is 0 Å². The lowest BCUT2D eigenvalue weighted by molar-refractivity contribution is 0.185. The minimum Gasteiger partial charge on any atom is -0.495 e. The maximum absolute atomic E-state index is 14.0. The SMILES string of the molecule is CCc1ccc(NC(=O)N(Cc2ccccc2)C(C)c2nc3ccccc3c(=O)n2-c2ccccc2OC)cc1. The Bertz CT molecular complexity index is 1680. The molecule has 7 nitrogen and oxygen atoms in total. The van der Waals surface area contributed by atoms with E-state index in [4.69, 9.17) is 9.72 Å². The van der Waals surface area contributed by atoms with Crippen molar-refractivity contribution in [1.82, 2.24) is 14.5 Å². The molecule has 202 valence electrons. The predicted octanol–water partition coefficient (Wildman–Crippen LogP) is 6.75. The van der Waals surface area contributed by atoms with Gasteiger partial charge in [-0.15, -0.1) is 0 Å². The number of carbonyl (C=O) groups excluding carboxylic acids is 1. The summed E-state index contributed by atoms with van der Waals surface area (Å²) in [6.07, 6.45) is 0.916. The zero-order chi connectivity index (χ0) is 28.1. The molecule has 0 saturated carbocycles. The first-order chi connectivity index (χ1) is 19.5. The fraction of sp³-hybridized carbons (Fsp3) is 0.182. The molecule has 0 aliphatic heterocycles. The number of fused-ring (bicyclic) bond motifs is 1. The number of hydrogen-bond donors (Lipinski definition) is 1. The molecule has 1 heterocycles. The van der Waals surface area contributed by atoms with Gasteiger partial charge in [0.15, 0.2) is 0 Å². The Labute approximate surface area is 233 Å². The topological polar surface area (TPSA) is 76.5 Å². The molecule has 1 N–H and O–H groups in total. The van der Waals surface area contributed by atoms with Crippen LogP contribution in [0.25, 0.3) is 16.6 Å². The molecule has 7 heteroatoms. The van der Waals surface area contributed by atoms with Gasteiger partial charge < -0.3 is 15.0 Å². The van der Waals surface area contributed by atoms with Gasteiger partial charge in [0.1, 0.15) is 11.6 Å². The highest BCUT2D eigenvalue weighted by atomic mass is 16.5. The summed E-state index contributed by atoms with van der Waals surface area (Å²) in [7, 11) is 1.57. The lowest BCUT2D eigenvalue weighted by Crippen LogP contribution is -2.39. The van der Waals surface area contributed by atoms with Crippen molar-refractivity contribution in [2.45, 2.75) is 32.9 Å². The second-order valence-electron chi connectivity index (χ2n) is 9.57. The van der Waals surface area contributed by atoms with Gasteiger partial charge in [0.05, 0.1) is 29.7 Å². The molecular formula is C33H32N4O3. The minimum absolute atomic E-state index is 0.229. The number of ether oxygens (including phenoxy) is 1. The van der Waals surface area contributed by atoms with Crippen LogP contribution in [0, 0.1) is 0 Å². The summed E-state index contributed by atoms with van der Waals surface area (Å²) in [5, 5.41) is 3.53. The van der Waals surface area contributed by atoms with Gasteiger partial charge >= 0.3 is 6.03 Å². The lowest BCUT2D eigenvalue weighted by Gasteiger charge is -2.31. The highest BCUT2D eigenvalue weighted by molar-refractivity contribution is 5.89. The summed E-state index contributed by atoms with van der Waals surface area (Å²) in [4.78, 5) is 34.5. The Kier molecular flexibility index (Phi) is 7.92. The van der Waals surface area contributed by atoms with Crippen LogP contribution in [-0.2, 0) is 13.0 Å². The number of anilines is 1. The molecule has 5 aromatic rings. The van der Waals surface area contributed by atoms with E-state index in [1.165, 1.54) is 5.56 Å². The van der Waals surface area contributed by atoms with Gasteiger partial charge in [-0.25, -0.2) is 9.78 Å². The standard InChI is InChI=1S/C33H32N4O3/c1-4-24-18-20-26(21-19-24)34-33(39)36(22-25-12-6-5-7-13-25)23(2)31-35-28-15-9-8-14-27(28)32(38)37(31)29-16-10-11-17-30(29)40-3/h5-21,23H,4,22H2,1-3H3,(H,34,39). The second kappa shape index (κ2) is 11.9. The zero-order valence-corrected chi connectivity index (χ0v) is 22.9. The third-order valence-electron chi connectivity index (χ3n) is 7.04. The van der Waals surface area contributed by atoms with Gasteiger partial charge in [0.25, 0.3) is 5.56 Å². The van der Waals surface area contributed by atoms with E-state index in [1.54, 1.807) is 28.7 Å². The van der Waals surface area contributed by atoms with Crippen LogP contribution >= 0.6 is 0 Å². The number of para-hydroxylation sites is 3. The molecule has 40 heavy (non-hydrogen) atoms. The number of urea groups is 1. The van der Waals surface area contributed by atoms with E-state index in [2.05, 4.69) is 12.2 Å². The second-order valence-corrected chi connectivity index (χ2v) is 9.57. The van der Waals surface area contributed by atoms with Crippen molar-refractivity contribution in [2.24, 2.45) is 0 Å². The van der Waals surface area contributed by atoms with Crippen LogP contribution in [0.2, 0.25) is 0 Å². The normalized spacial score (nSPS) is 11.7. The smallest absolute Gasteiger partial charge is 0.322 e. The third kappa shape index (κ3) is 5.45. The van der Waals surface area contributed by atoms with Crippen LogP contribution in [0.5, 0.6) is 5.75 Å². The van der Waals surface area contributed by atoms with E-state index < -0.39 is 6.04 Å². The predicted molar refractivity (Wildman–Crippen MR) is 159 cm³/mol. The molecular weight excluding hydrogens is 500 g/mol. The fourth-order valence-corrected chi connectivity index (χ4v) is 4.80. The molecule has 0 aliphatic rings. The summed E-state index contributed by atoms with van der Waals surface area (Å²) in [5.74, 6) is 0.964. The maximum atomic E-state index is 14.0. The van der Waals surface area contributed by atoms with E-state index in [1.807, 2.05) is 97.9 Å². The fourth-order valence-electron chi connectivity index (χ4n) is 4.80. The average Bonchev–Trinajstić information content (AvgIpc) is 3.00. The summed E-state index contributed by atoms with van der Waals surface area (Å²) in [6, 6.07) is 31.3. The van der Waals surface area contributed by atoms with Crippen molar-refractivity contribution in [2.75, 3.05) is 12.4 Å². The molecule has 2 amide bonds. The van der Waals surface area contributed by atoms with Crippen molar-refractivity contribution in [1.29, 1.82) is 0 Å². The number of rotatable bonds is 8. The number of nitrogens with one attached hydrogen (secondary N) is 1. The summed E-state index contributed by atoms with van der Waals surface area (Å²) in [6.45, 7) is 4.30. The van der Waals surface area contributed by atoms with Gasteiger partial charge in [-0.05, 0) is 60.9 Å². The van der Waals surface area contributed by atoms with Crippen molar-refractivity contribution in [3.8, 4) is 11.4 Å². The highest BCUT2D eigenvalue weighted by Gasteiger charge is 2.28. The van der Waals surface area contributed by atoms with Crippen LogP contribution in [0.15, 0.2) is 108 Å². The number of aromatic nitrogens is 2. The van der Waals surface area contributed by atoms with Crippen LogP contribution in [0.3, 0.4) is 0 Å². The van der Waals surface area contributed by atoms with Crippen molar-refractivity contribution >= 4 is 22.6 Å². The Hall–Kier alpha value is -4.91. The first-order valence-electron chi connectivity index (χ1n) is 13.4. The summed E-state index contributed by atoms with van der Waals surface area (Å²) < 4.78 is 7.19. The minimum atomic E-state index is -0.586. The average molecular weight is 533 g/mol. The number of aryl methyl sites for hydroxylation is 1. The van der Waals surface area contributed by atoms with Crippen LogP contribution in [0.4, 0.5) is 10.5 Å². The molecule has 1 unspecified atom stereocenters. The Morgan fingerprint density at radius 2 is 1.57 bits per heavy atom. The maximum Gasteiger partial charge on any atom is 0.322 e. The number of methoxy groups -OCH3 is 1. The van der Waals surface area contributed by atoms with E-state index in [-0.39, 0.29) is 11.6 Å². The third-order valence-corrected chi connectivity index (χ3v) is 7.04. The first-order valence-corrected chi connectivity index (χ1v) is 13.4. The molecule has 0 saturated heterocycles. The molecule has 0 bridgehead atoms. The van der Waals surface area contributed by atoms with Crippen LogP contribution in [-0.4, -0.2) is 27.6 Å². The zero-order valence-electron chi connectivity index (χ0n) is 22.9. The molecule has 0 radical (unpaired) electrons. The van der Waals surface area contributed by atoms with Crippen LogP contribution < -0.4 is 15.6 Å². The molecule has 0 spiro atoms. The Balaban J connectivity index is 1.64. The van der Waals surface area contributed by atoms with Gasteiger partial charge in [-0.2, -0.15) is 0 Å². The molecule has 0 aliphatic carbocycles. The number of carbonyl (C=O) groups is 1. The number of benzene rings is 4. The first kappa shape index (κ1) is 26.7. The molecule has 5 rings (SSSR count). The number of nitrogens with zero attached hydrogens (tertiary/aromatic N) is 3. The van der Waals surface area contributed by atoms with Gasteiger partial charge in [-0.3, -0.25) is 9.36 Å². The lowest BCUT2D eigenvalue weighted by atomic mass is 10.1. The van der Waals surface area contributed by atoms with Crippen molar-refractivity contribution in [3.05, 3.63) is 130 Å². The Morgan fingerprint density at radius 3 is 2.30 bits per heavy atom. The van der Waals surface area contributed by atoms with Gasteiger partial charge in [-0.1, -0.05) is 73.7 Å². The van der Waals surface area contributed by atoms with E-state index in [0.29, 0.717) is 40.4 Å².